The van der Waals surface area contributed by atoms with Gasteiger partial charge in [0.1, 0.15) is 11.6 Å². The molecular formula is C13H14N4O4. The first-order chi connectivity index (χ1) is 10.1. The zero-order valence-corrected chi connectivity index (χ0v) is 11.3. The van der Waals surface area contributed by atoms with E-state index >= 15 is 0 Å². The van der Waals surface area contributed by atoms with Crippen LogP contribution < -0.4 is 10.1 Å². The minimum Gasteiger partial charge on any atom is -0.484 e. The third-order valence-electron chi connectivity index (χ3n) is 2.72. The summed E-state index contributed by atoms with van der Waals surface area (Å²) in [5.74, 6) is 0.734. The number of carbonyl (C=O) groups excluding carboxylic acids is 1. The zero-order chi connectivity index (χ0) is 15.2. The maximum atomic E-state index is 11.7. The minimum absolute atomic E-state index is 0.0294. The van der Waals surface area contributed by atoms with Gasteiger partial charge in [-0.25, -0.2) is 4.98 Å². The lowest BCUT2D eigenvalue weighted by molar-refractivity contribution is -0.384. The van der Waals surface area contributed by atoms with Crippen molar-refractivity contribution >= 4 is 11.6 Å². The van der Waals surface area contributed by atoms with Gasteiger partial charge in [0.2, 0.25) is 0 Å². The average Bonchev–Trinajstić information content (AvgIpc) is 3.00. The van der Waals surface area contributed by atoms with E-state index in [2.05, 4.69) is 15.3 Å². The summed E-state index contributed by atoms with van der Waals surface area (Å²) in [6.07, 6.45) is 3.27. The van der Waals surface area contributed by atoms with E-state index < -0.39 is 4.92 Å². The van der Waals surface area contributed by atoms with Crippen molar-refractivity contribution < 1.29 is 14.5 Å². The number of hydrogen-bond donors (Lipinski definition) is 2. The molecule has 2 aromatic rings. The fourth-order valence-electron chi connectivity index (χ4n) is 1.68. The van der Waals surface area contributed by atoms with Crippen molar-refractivity contribution in [3.8, 4) is 5.75 Å². The maximum Gasteiger partial charge on any atom is 0.269 e. The third kappa shape index (κ3) is 4.03. The molecule has 0 aliphatic carbocycles. The Hall–Kier alpha value is -2.90. The molecule has 21 heavy (non-hydrogen) atoms. The number of benzene rings is 1. The van der Waals surface area contributed by atoms with E-state index in [1.165, 1.54) is 24.3 Å². The van der Waals surface area contributed by atoms with Gasteiger partial charge in [-0.1, -0.05) is 0 Å². The number of nitrogens with zero attached hydrogens (tertiary/aromatic N) is 2. The first-order valence-electron chi connectivity index (χ1n) is 6.22. The average molecular weight is 290 g/mol. The van der Waals surface area contributed by atoms with Crippen molar-refractivity contribution in [3.63, 3.8) is 0 Å². The molecule has 0 spiro atoms. The van der Waals surface area contributed by atoms with Crippen LogP contribution in [0.4, 0.5) is 5.69 Å². The number of nitrogens with one attached hydrogen (secondary N) is 2. The third-order valence-corrected chi connectivity index (χ3v) is 2.72. The van der Waals surface area contributed by atoms with Crippen molar-refractivity contribution in [2.24, 2.45) is 0 Å². The van der Waals surface area contributed by atoms with E-state index in [9.17, 15) is 14.9 Å². The second kappa shape index (κ2) is 6.51. The molecular weight excluding hydrogens is 276 g/mol. The van der Waals surface area contributed by atoms with Gasteiger partial charge in [0.25, 0.3) is 11.6 Å². The molecule has 1 unspecified atom stereocenters. The molecule has 0 bridgehead atoms. The molecule has 0 aliphatic rings. The highest BCUT2D eigenvalue weighted by atomic mass is 16.6. The van der Waals surface area contributed by atoms with Gasteiger partial charge >= 0.3 is 0 Å². The Kier molecular flexibility index (Phi) is 4.50. The Morgan fingerprint density at radius 3 is 2.76 bits per heavy atom. The number of aromatic nitrogens is 2. The van der Waals surface area contributed by atoms with Crippen LogP contribution in [0.15, 0.2) is 36.7 Å². The fourth-order valence-corrected chi connectivity index (χ4v) is 1.68. The summed E-state index contributed by atoms with van der Waals surface area (Å²) in [6.45, 7) is 1.62. The molecule has 1 amide bonds. The summed E-state index contributed by atoms with van der Waals surface area (Å²) in [5, 5.41) is 13.2. The molecule has 2 rings (SSSR count). The van der Waals surface area contributed by atoms with Crippen LogP contribution in [0.25, 0.3) is 0 Å². The van der Waals surface area contributed by atoms with E-state index in [4.69, 9.17) is 4.74 Å². The largest absolute Gasteiger partial charge is 0.484 e. The number of aromatic amines is 1. The van der Waals surface area contributed by atoms with Crippen LogP contribution in [0.5, 0.6) is 5.75 Å². The van der Waals surface area contributed by atoms with Crippen LogP contribution in [0, 0.1) is 10.1 Å². The maximum absolute atomic E-state index is 11.7. The summed E-state index contributed by atoms with van der Waals surface area (Å²) in [4.78, 5) is 28.7. The molecule has 1 aromatic carbocycles. The Bertz CT molecular complexity index is 610. The van der Waals surface area contributed by atoms with Gasteiger partial charge in [0.15, 0.2) is 6.61 Å². The van der Waals surface area contributed by atoms with Crippen molar-refractivity contribution in [2.45, 2.75) is 13.0 Å². The number of non-ortho nitro benzene ring substituents is 1. The van der Waals surface area contributed by atoms with Crippen molar-refractivity contribution in [2.75, 3.05) is 6.61 Å². The molecule has 0 aliphatic heterocycles. The summed E-state index contributed by atoms with van der Waals surface area (Å²) in [5.41, 5.74) is -0.0294. The van der Waals surface area contributed by atoms with Crippen LogP contribution in [-0.4, -0.2) is 27.4 Å². The van der Waals surface area contributed by atoms with Gasteiger partial charge < -0.3 is 15.0 Å². The number of nitro benzene ring substituents is 1. The van der Waals surface area contributed by atoms with Crippen LogP contribution in [-0.2, 0) is 4.79 Å². The number of H-pyrrole nitrogens is 1. The van der Waals surface area contributed by atoms with E-state index in [0.717, 1.165) is 0 Å². The summed E-state index contributed by atoms with van der Waals surface area (Å²) < 4.78 is 5.26. The molecule has 1 aromatic heterocycles. The molecule has 8 nitrogen and oxygen atoms in total. The van der Waals surface area contributed by atoms with Crippen molar-refractivity contribution in [1.29, 1.82) is 0 Å². The lowest BCUT2D eigenvalue weighted by Gasteiger charge is -2.12. The summed E-state index contributed by atoms with van der Waals surface area (Å²) in [6, 6.07) is 5.27. The predicted molar refractivity (Wildman–Crippen MR) is 73.7 cm³/mol. The Morgan fingerprint density at radius 2 is 2.19 bits per heavy atom. The number of carbonyl (C=O) groups is 1. The smallest absolute Gasteiger partial charge is 0.269 e. The van der Waals surface area contributed by atoms with E-state index in [-0.39, 0.29) is 24.2 Å². The molecule has 0 saturated carbocycles. The molecule has 8 heteroatoms. The lowest BCUT2D eigenvalue weighted by atomic mass is 10.3. The predicted octanol–water partition coefficient (Wildman–Crippen LogP) is 1.57. The number of rotatable bonds is 6. The Balaban J connectivity index is 1.82. The zero-order valence-electron chi connectivity index (χ0n) is 11.3. The second-order valence-corrected chi connectivity index (χ2v) is 4.30. The molecule has 0 radical (unpaired) electrons. The van der Waals surface area contributed by atoms with Crippen LogP contribution >= 0.6 is 0 Å². The molecule has 1 heterocycles. The van der Waals surface area contributed by atoms with Crippen molar-refractivity contribution in [3.05, 3.63) is 52.6 Å². The van der Waals surface area contributed by atoms with Crippen LogP contribution in [0.2, 0.25) is 0 Å². The highest BCUT2D eigenvalue weighted by Crippen LogP contribution is 2.17. The number of amides is 1. The van der Waals surface area contributed by atoms with Crippen LogP contribution in [0.3, 0.4) is 0 Å². The van der Waals surface area contributed by atoms with E-state index in [0.29, 0.717) is 11.6 Å². The molecule has 0 saturated heterocycles. The lowest BCUT2D eigenvalue weighted by Crippen LogP contribution is -2.31. The van der Waals surface area contributed by atoms with Crippen LogP contribution in [0.1, 0.15) is 18.8 Å². The van der Waals surface area contributed by atoms with E-state index in [1.54, 1.807) is 19.3 Å². The fraction of sp³-hybridized carbons (Fsp3) is 0.231. The highest BCUT2D eigenvalue weighted by Gasteiger charge is 2.12. The topological polar surface area (TPSA) is 110 Å². The van der Waals surface area contributed by atoms with Gasteiger partial charge in [-0.2, -0.15) is 0 Å². The molecule has 1 atom stereocenters. The standard InChI is InChI=1S/C13H14N4O4/c1-9(13-14-6-7-15-13)16-12(18)8-21-11-4-2-10(3-5-11)17(19)20/h2-7,9H,8H2,1H3,(H,14,15)(H,16,18). The summed E-state index contributed by atoms with van der Waals surface area (Å²) >= 11 is 0. The normalized spacial score (nSPS) is 11.7. The second-order valence-electron chi connectivity index (χ2n) is 4.30. The van der Waals surface area contributed by atoms with Crippen molar-refractivity contribution in [1.82, 2.24) is 15.3 Å². The summed E-state index contributed by atoms with van der Waals surface area (Å²) in [7, 11) is 0. The Morgan fingerprint density at radius 1 is 1.48 bits per heavy atom. The van der Waals surface area contributed by atoms with Gasteiger partial charge in [0, 0.05) is 24.5 Å². The number of ether oxygens (including phenoxy) is 1. The van der Waals surface area contributed by atoms with Gasteiger partial charge in [-0.05, 0) is 19.1 Å². The Labute approximate surface area is 120 Å². The number of nitro groups is 1. The van der Waals surface area contributed by atoms with Gasteiger partial charge in [-0.3, -0.25) is 14.9 Å². The van der Waals surface area contributed by atoms with Gasteiger partial charge in [-0.15, -0.1) is 0 Å². The first kappa shape index (κ1) is 14.5. The highest BCUT2D eigenvalue weighted by molar-refractivity contribution is 5.77. The number of imidazole rings is 1. The first-order valence-corrected chi connectivity index (χ1v) is 6.22. The van der Waals surface area contributed by atoms with Gasteiger partial charge in [0.05, 0.1) is 11.0 Å². The molecule has 0 fully saturated rings. The molecule has 110 valence electrons. The minimum atomic E-state index is -0.498. The molecule has 2 N–H and O–H groups in total. The SMILES string of the molecule is CC(NC(=O)COc1ccc([N+](=O)[O-])cc1)c1ncc[nH]1. The quantitative estimate of drug-likeness (QED) is 0.619. The monoisotopic (exact) mass is 290 g/mol. The van der Waals surface area contributed by atoms with E-state index in [1.807, 2.05) is 0 Å². The number of hydrogen-bond acceptors (Lipinski definition) is 5.